The van der Waals surface area contributed by atoms with Crippen LogP contribution in [0, 0.1) is 6.92 Å². The molecule has 0 spiro atoms. The molecule has 0 atom stereocenters. The van der Waals surface area contributed by atoms with E-state index in [4.69, 9.17) is 4.74 Å². The van der Waals surface area contributed by atoms with Crippen LogP contribution in [0.3, 0.4) is 0 Å². The van der Waals surface area contributed by atoms with Crippen molar-refractivity contribution in [1.29, 1.82) is 0 Å². The number of hydrogen-bond donors (Lipinski definition) is 0. The Hall–Kier alpha value is -3.25. The molecule has 134 valence electrons. The lowest BCUT2D eigenvalue weighted by Gasteiger charge is -2.07. The molecule has 0 amide bonds. The van der Waals surface area contributed by atoms with Crippen molar-refractivity contribution in [3.05, 3.63) is 98.9 Å². The van der Waals surface area contributed by atoms with Crippen molar-refractivity contribution in [1.82, 2.24) is 9.38 Å². The van der Waals surface area contributed by atoms with Crippen molar-refractivity contribution in [3.63, 3.8) is 0 Å². The highest BCUT2D eigenvalue weighted by Gasteiger charge is 2.09. The first-order valence-electron chi connectivity index (χ1n) is 8.41. The highest BCUT2D eigenvalue weighted by molar-refractivity contribution is 7.15. The topological polar surface area (TPSA) is 60.7 Å². The minimum Gasteiger partial charge on any atom is -0.487 e. The Bertz CT molecular complexity index is 1160. The van der Waals surface area contributed by atoms with Gasteiger partial charge >= 0.3 is 0 Å². The van der Waals surface area contributed by atoms with Gasteiger partial charge in [0, 0.05) is 28.3 Å². The SMILES string of the molecule is Cc1csc2nc(COc3ccc(C(=O)c4ccccc4)cc3)cc(=O)n12. The molecule has 0 bridgehead atoms. The van der Waals surface area contributed by atoms with E-state index >= 15 is 0 Å². The van der Waals surface area contributed by atoms with Crippen LogP contribution in [0.2, 0.25) is 0 Å². The average Bonchev–Trinajstić information content (AvgIpc) is 3.08. The highest BCUT2D eigenvalue weighted by atomic mass is 32.1. The fourth-order valence-electron chi connectivity index (χ4n) is 2.79. The number of nitrogens with zero attached hydrogens (tertiary/aromatic N) is 2. The van der Waals surface area contributed by atoms with Crippen LogP contribution >= 0.6 is 11.3 Å². The van der Waals surface area contributed by atoms with E-state index in [1.54, 1.807) is 40.8 Å². The van der Waals surface area contributed by atoms with Gasteiger partial charge in [-0.3, -0.25) is 14.0 Å². The second kappa shape index (κ2) is 7.17. The minimum atomic E-state index is -0.110. The standard InChI is InChI=1S/C21H16N2O3S/c1-14-13-27-21-22-17(11-19(24)23(14)21)12-26-18-9-7-16(8-10-18)20(25)15-5-3-2-4-6-15/h2-11,13H,12H2,1H3. The van der Waals surface area contributed by atoms with Crippen LogP contribution in [0.15, 0.2) is 70.8 Å². The zero-order valence-corrected chi connectivity index (χ0v) is 15.4. The van der Waals surface area contributed by atoms with Crippen molar-refractivity contribution < 1.29 is 9.53 Å². The maximum Gasteiger partial charge on any atom is 0.259 e. The van der Waals surface area contributed by atoms with Crippen LogP contribution in [0.5, 0.6) is 5.75 Å². The van der Waals surface area contributed by atoms with E-state index < -0.39 is 0 Å². The van der Waals surface area contributed by atoms with Crippen LogP contribution in [0.1, 0.15) is 27.3 Å². The van der Waals surface area contributed by atoms with Crippen LogP contribution in [-0.2, 0) is 6.61 Å². The molecule has 0 unspecified atom stereocenters. The van der Waals surface area contributed by atoms with Crippen molar-refractivity contribution >= 4 is 22.1 Å². The third-order valence-corrected chi connectivity index (χ3v) is 5.11. The first-order chi connectivity index (χ1) is 13.1. The molecule has 4 rings (SSSR count). The summed E-state index contributed by atoms with van der Waals surface area (Å²) in [6.07, 6.45) is 0. The fraction of sp³-hybridized carbons (Fsp3) is 0.0952. The van der Waals surface area contributed by atoms with Gasteiger partial charge in [0.25, 0.3) is 5.56 Å². The van der Waals surface area contributed by atoms with Gasteiger partial charge in [0.15, 0.2) is 10.7 Å². The molecule has 0 radical (unpaired) electrons. The lowest BCUT2D eigenvalue weighted by Crippen LogP contribution is -2.15. The summed E-state index contributed by atoms with van der Waals surface area (Å²) in [5.74, 6) is 0.583. The Balaban J connectivity index is 1.48. The van der Waals surface area contributed by atoms with Gasteiger partial charge in [-0.1, -0.05) is 30.3 Å². The summed E-state index contributed by atoms with van der Waals surface area (Å²) in [6, 6.07) is 17.6. The number of thiazole rings is 1. The molecule has 0 saturated heterocycles. The number of benzene rings is 2. The lowest BCUT2D eigenvalue weighted by molar-refractivity contribution is 0.103. The molecule has 4 aromatic rings. The second-order valence-corrected chi connectivity index (χ2v) is 6.93. The Morgan fingerprint density at radius 3 is 2.52 bits per heavy atom. The smallest absolute Gasteiger partial charge is 0.259 e. The van der Waals surface area contributed by atoms with E-state index in [0.29, 0.717) is 27.5 Å². The molecule has 2 aromatic heterocycles. The number of carbonyl (C=O) groups is 1. The van der Waals surface area contributed by atoms with E-state index in [1.165, 1.54) is 17.4 Å². The minimum absolute atomic E-state index is 0.0321. The number of carbonyl (C=O) groups excluding carboxylic acids is 1. The number of ether oxygens (including phenoxy) is 1. The largest absolute Gasteiger partial charge is 0.487 e. The lowest BCUT2D eigenvalue weighted by atomic mass is 10.0. The molecule has 27 heavy (non-hydrogen) atoms. The summed E-state index contributed by atoms with van der Waals surface area (Å²) >= 11 is 1.43. The molecule has 0 saturated carbocycles. The van der Waals surface area contributed by atoms with Gasteiger partial charge in [0.05, 0.1) is 5.69 Å². The predicted octanol–water partition coefficient (Wildman–Crippen LogP) is 3.87. The summed E-state index contributed by atoms with van der Waals surface area (Å²) in [4.78, 5) is 29.7. The van der Waals surface area contributed by atoms with E-state index in [1.807, 2.05) is 30.5 Å². The zero-order valence-electron chi connectivity index (χ0n) is 14.6. The average molecular weight is 376 g/mol. The number of ketones is 1. The van der Waals surface area contributed by atoms with Crippen molar-refractivity contribution in [2.24, 2.45) is 0 Å². The van der Waals surface area contributed by atoms with Gasteiger partial charge in [0.1, 0.15) is 12.4 Å². The maximum atomic E-state index is 12.4. The summed E-state index contributed by atoms with van der Waals surface area (Å²) in [5.41, 5.74) is 2.59. The maximum absolute atomic E-state index is 12.4. The zero-order chi connectivity index (χ0) is 18.8. The van der Waals surface area contributed by atoms with Crippen LogP contribution in [0.4, 0.5) is 0 Å². The molecule has 0 N–H and O–H groups in total. The van der Waals surface area contributed by atoms with E-state index in [0.717, 1.165) is 5.69 Å². The molecular weight excluding hydrogens is 360 g/mol. The predicted molar refractivity (Wildman–Crippen MR) is 105 cm³/mol. The first kappa shape index (κ1) is 17.2. The van der Waals surface area contributed by atoms with Crippen molar-refractivity contribution in [3.8, 4) is 5.75 Å². The quantitative estimate of drug-likeness (QED) is 0.496. The van der Waals surface area contributed by atoms with Crippen LogP contribution in [0.25, 0.3) is 4.96 Å². The third kappa shape index (κ3) is 3.52. The van der Waals surface area contributed by atoms with Gasteiger partial charge in [-0.2, -0.15) is 0 Å². The molecule has 6 heteroatoms. The van der Waals surface area contributed by atoms with Crippen molar-refractivity contribution in [2.75, 3.05) is 0 Å². The molecule has 0 aliphatic carbocycles. The van der Waals surface area contributed by atoms with Gasteiger partial charge in [-0.15, -0.1) is 11.3 Å². The van der Waals surface area contributed by atoms with Gasteiger partial charge in [-0.05, 0) is 31.2 Å². The van der Waals surface area contributed by atoms with Crippen molar-refractivity contribution in [2.45, 2.75) is 13.5 Å². The summed E-state index contributed by atoms with van der Waals surface area (Å²) in [7, 11) is 0. The first-order valence-corrected chi connectivity index (χ1v) is 9.29. The van der Waals surface area contributed by atoms with E-state index in [9.17, 15) is 9.59 Å². The molecular formula is C21H16N2O3S. The second-order valence-electron chi connectivity index (χ2n) is 6.09. The Kier molecular flexibility index (Phi) is 4.56. The normalized spacial score (nSPS) is 10.9. The summed E-state index contributed by atoms with van der Waals surface area (Å²) in [6.45, 7) is 2.07. The number of aryl methyl sites for hydroxylation is 1. The Morgan fingerprint density at radius 2 is 1.78 bits per heavy atom. The monoisotopic (exact) mass is 376 g/mol. The molecule has 5 nitrogen and oxygen atoms in total. The number of fused-ring (bicyclic) bond motifs is 1. The third-order valence-electron chi connectivity index (χ3n) is 4.17. The van der Waals surface area contributed by atoms with Gasteiger partial charge < -0.3 is 4.74 Å². The molecule has 0 fully saturated rings. The fourth-order valence-corrected chi connectivity index (χ4v) is 3.68. The number of rotatable bonds is 5. The van der Waals surface area contributed by atoms with Gasteiger partial charge in [0.2, 0.25) is 0 Å². The van der Waals surface area contributed by atoms with Gasteiger partial charge in [-0.25, -0.2) is 4.98 Å². The van der Waals surface area contributed by atoms with Crippen LogP contribution in [-0.4, -0.2) is 15.2 Å². The highest BCUT2D eigenvalue weighted by Crippen LogP contribution is 2.17. The van der Waals surface area contributed by atoms with Crippen LogP contribution < -0.4 is 10.3 Å². The summed E-state index contributed by atoms with van der Waals surface area (Å²) < 4.78 is 7.31. The molecule has 0 aliphatic rings. The number of aromatic nitrogens is 2. The Morgan fingerprint density at radius 1 is 1.07 bits per heavy atom. The molecule has 2 heterocycles. The summed E-state index contributed by atoms with van der Waals surface area (Å²) in [5, 5.41) is 1.90. The van der Waals surface area contributed by atoms with E-state index in [2.05, 4.69) is 4.98 Å². The number of hydrogen-bond acceptors (Lipinski definition) is 5. The Labute approximate surface area is 159 Å². The molecule has 0 aliphatic heterocycles. The molecule has 2 aromatic carbocycles. The van der Waals surface area contributed by atoms with E-state index in [-0.39, 0.29) is 17.9 Å².